The van der Waals surface area contributed by atoms with E-state index in [1.165, 1.54) is 0 Å². The van der Waals surface area contributed by atoms with Crippen molar-refractivity contribution in [1.82, 2.24) is 9.97 Å². The Hall–Kier alpha value is -1.20. The number of nitrogens with two attached hydrogens (primary N) is 1. The van der Waals surface area contributed by atoms with Crippen LogP contribution in [0.25, 0.3) is 0 Å². The first-order valence-corrected chi connectivity index (χ1v) is 5.49. The number of rotatable bonds is 6. The molecule has 0 bridgehead atoms. The maximum Gasteiger partial charge on any atom is 0.225 e. The number of ether oxygens (including phenoxy) is 1. The Morgan fingerprint density at radius 2 is 2.19 bits per heavy atom. The first-order chi connectivity index (χ1) is 7.71. The third-order valence-electron chi connectivity index (χ3n) is 2.33. The van der Waals surface area contributed by atoms with Crippen LogP contribution in [0, 0.1) is 6.92 Å². The maximum atomic E-state index is 5.60. The Morgan fingerprint density at radius 3 is 2.75 bits per heavy atom. The van der Waals surface area contributed by atoms with Crippen LogP contribution in [-0.4, -0.2) is 36.8 Å². The fourth-order valence-corrected chi connectivity index (χ4v) is 1.46. The van der Waals surface area contributed by atoms with E-state index in [1.807, 2.05) is 13.0 Å². The molecule has 2 N–H and O–H groups in total. The van der Waals surface area contributed by atoms with Crippen molar-refractivity contribution in [2.45, 2.75) is 20.4 Å². The molecule has 0 aliphatic carbocycles. The van der Waals surface area contributed by atoms with E-state index >= 15 is 0 Å². The molecule has 1 aromatic heterocycles. The third kappa shape index (κ3) is 3.43. The zero-order valence-corrected chi connectivity index (χ0v) is 10.2. The van der Waals surface area contributed by atoms with Gasteiger partial charge in [0.15, 0.2) is 0 Å². The molecular formula is C11H20N4O. The van der Waals surface area contributed by atoms with Crippen LogP contribution in [0.2, 0.25) is 0 Å². The molecule has 1 rings (SSSR count). The monoisotopic (exact) mass is 224 g/mol. The van der Waals surface area contributed by atoms with Gasteiger partial charge in [0.2, 0.25) is 5.95 Å². The summed E-state index contributed by atoms with van der Waals surface area (Å²) in [5.41, 5.74) is 7.41. The van der Waals surface area contributed by atoms with E-state index in [4.69, 9.17) is 10.5 Å². The first-order valence-electron chi connectivity index (χ1n) is 5.49. The lowest BCUT2D eigenvalue weighted by Crippen LogP contribution is -2.29. The molecule has 0 atom stereocenters. The summed E-state index contributed by atoms with van der Waals surface area (Å²) in [6.07, 6.45) is 0. The van der Waals surface area contributed by atoms with Crippen molar-refractivity contribution < 1.29 is 4.74 Å². The minimum absolute atomic E-state index is 0.443. The molecule has 1 heterocycles. The van der Waals surface area contributed by atoms with E-state index in [1.54, 1.807) is 7.11 Å². The Kier molecular flexibility index (Phi) is 5.14. The fourth-order valence-electron chi connectivity index (χ4n) is 1.46. The number of anilines is 1. The van der Waals surface area contributed by atoms with E-state index in [0.717, 1.165) is 30.4 Å². The first kappa shape index (κ1) is 12.9. The van der Waals surface area contributed by atoms with Crippen molar-refractivity contribution in [1.29, 1.82) is 0 Å². The average Bonchev–Trinajstić information content (AvgIpc) is 2.29. The number of hydrogen-bond donors (Lipinski definition) is 1. The lowest BCUT2D eigenvalue weighted by atomic mass is 10.3. The highest BCUT2D eigenvalue weighted by molar-refractivity contribution is 5.32. The predicted molar refractivity (Wildman–Crippen MR) is 64.4 cm³/mol. The summed E-state index contributed by atoms with van der Waals surface area (Å²) in [7, 11) is 1.69. The van der Waals surface area contributed by atoms with Crippen LogP contribution in [0.5, 0.6) is 0 Å². The number of aryl methyl sites for hydroxylation is 1. The average molecular weight is 224 g/mol. The van der Waals surface area contributed by atoms with Gasteiger partial charge in [-0.15, -0.1) is 0 Å². The number of nitrogens with zero attached hydrogens (tertiary/aromatic N) is 3. The van der Waals surface area contributed by atoms with E-state index in [9.17, 15) is 0 Å². The van der Waals surface area contributed by atoms with E-state index in [2.05, 4.69) is 21.8 Å². The van der Waals surface area contributed by atoms with E-state index < -0.39 is 0 Å². The SMILES string of the molecule is CCN(CCOC)c1nc(C)cc(CN)n1. The molecule has 0 radical (unpaired) electrons. The number of likely N-dealkylation sites (N-methyl/N-ethyl adjacent to an activating group) is 1. The van der Waals surface area contributed by atoms with Crippen molar-refractivity contribution in [3.05, 3.63) is 17.5 Å². The molecule has 5 nitrogen and oxygen atoms in total. The molecule has 0 aliphatic heterocycles. The number of methoxy groups -OCH3 is 1. The molecule has 0 amide bonds. The minimum Gasteiger partial charge on any atom is -0.383 e. The fraction of sp³-hybridized carbons (Fsp3) is 0.636. The summed E-state index contributed by atoms with van der Waals surface area (Å²) in [6, 6.07) is 1.91. The summed E-state index contributed by atoms with van der Waals surface area (Å²) in [6.45, 7) is 6.79. The highest BCUT2D eigenvalue weighted by atomic mass is 16.5. The maximum absolute atomic E-state index is 5.60. The largest absolute Gasteiger partial charge is 0.383 e. The van der Waals surface area contributed by atoms with Crippen LogP contribution >= 0.6 is 0 Å². The molecule has 0 spiro atoms. The zero-order chi connectivity index (χ0) is 12.0. The van der Waals surface area contributed by atoms with Gasteiger partial charge in [-0.3, -0.25) is 0 Å². The molecule has 0 unspecified atom stereocenters. The van der Waals surface area contributed by atoms with E-state index in [0.29, 0.717) is 13.2 Å². The van der Waals surface area contributed by atoms with Crippen molar-refractivity contribution in [2.75, 3.05) is 31.7 Å². The molecule has 0 aliphatic rings. The van der Waals surface area contributed by atoms with Gasteiger partial charge in [-0.2, -0.15) is 0 Å². The lowest BCUT2D eigenvalue weighted by molar-refractivity contribution is 0.205. The van der Waals surface area contributed by atoms with Gasteiger partial charge < -0.3 is 15.4 Å². The molecule has 90 valence electrons. The summed E-state index contributed by atoms with van der Waals surface area (Å²) in [4.78, 5) is 10.9. The molecule has 0 aromatic carbocycles. The quantitative estimate of drug-likeness (QED) is 0.771. The molecule has 1 aromatic rings. The lowest BCUT2D eigenvalue weighted by Gasteiger charge is -2.21. The van der Waals surface area contributed by atoms with Crippen molar-refractivity contribution in [3.63, 3.8) is 0 Å². The summed E-state index contributed by atoms with van der Waals surface area (Å²) >= 11 is 0. The molecular weight excluding hydrogens is 204 g/mol. The van der Waals surface area contributed by atoms with Crippen LogP contribution in [0.4, 0.5) is 5.95 Å². The van der Waals surface area contributed by atoms with Gasteiger partial charge >= 0.3 is 0 Å². The standard InChI is InChI=1S/C11H20N4O/c1-4-15(5-6-16-3)11-13-9(2)7-10(8-12)14-11/h7H,4-6,8,12H2,1-3H3. The predicted octanol–water partition coefficient (Wildman–Crippen LogP) is 0.716. The van der Waals surface area contributed by atoms with Gasteiger partial charge in [0.25, 0.3) is 0 Å². The summed E-state index contributed by atoms with van der Waals surface area (Å²) in [5, 5.41) is 0. The van der Waals surface area contributed by atoms with Crippen LogP contribution in [0.3, 0.4) is 0 Å². The molecule has 0 saturated carbocycles. The van der Waals surface area contributed by atoms with E-state index in [-0.39, 0.29) is 0 Å². The highest BCUT2D eigenvalue weighted by Crippen LogP contribution is 2.09. The van der Waals surface area contributed by atoms with Crippen LogP contribution in [0.1, 0.15) is 18.3 Å². The van der Waals surface area contributed by atoms with Crippen LogP contribution in [0.15, 0.2) is 6.07 Å². The van der Waals surface area contributed by atoms with Gasteiger partial charge in [-0.1, -0.05) is 0 Å². The van der Waals surface area contributed by atoms with Crippen molar-refractivity contribution >= 4 is 5.95 Å². The second-order valence-electron chi connectivity index (χ2n) is 3.58. The second kappa shape index (κ2) is 6.40. The molecule has 16 heavy (non-hydrogen) atoms. The zero-order valence-electron chi connectivity index (χ0n) is 10.2. The van der Waals surface area contributed by atoms with Gasteiger partial charge in [-0.25, -0.2) is 9.97 Å². The van der Waals surface area contributed by atoms with Crippen molar-refractivity contribution in [3.8, 4) is 0 Å². The van der Waals surface area contributed by atoms with Gasteiger partial charge in [-0.05, 0) is 19.9 Å². The molecule has 5 heteroatoms. The highest BCUT2D eigenvalue weighted by Gasteiger charge is 2.08. The van der Waals surface area contributed by atoms with Gasteiger partial charge in [0.05, 0.1) is 12.3 Å². The molecule has 0 saturated heterocycles. The Labute approximate surface area is 96.6 Å². The Bertz CT molecular complexity index is 330. The Morgan fingerprint density at radius 1 is 1.44 bits per heavy atom. The van der Waals surface area contributed by atoms with Crippen LogP contribution < -0.4 is 10.6 Å². The minimum atomic E-state index is 0.443. The number of hydrogen-bond acceptors (Lipinski definition) is 5. The molecule has 0 fully saturated rings. The summed E-state index contributed by atoms with van der Waals surface area (Å²) in [5.74, 6) is 0.736. The number of aromatic nitrogens is 2. The Balaban J connectivity index is 2.86. The van der Waals surface area contributed by atoms with Crippen molar-refractivity contribution in [2.24, 2.45) is 5.73 Å². The third-order valence-corrected chi connectivity index (χ3v) is 2.33. The van der Waals surface area contributed by atoms with Crippen LogP contribution in [-0.2, 0) is 11.3 Å². The topological polar surface area (TPSA) is 64.3 Å². The second-order valence-corrected chi connectivity index (χ2v) is 3.58. The smallest absolute Gasteiger partial charge is 0.225 e. The summed E-state index contributed by atoms with van der Waals surface area (Å²) < 4.78 is 5.06. The van der Waals surface area contributed by atoms with Gasteiger partial charge in [0.1, 0.15) is 0 Å². The normalized spacial score (nSPS) is 10.5. The van der Waals surface area contributed by atoms with Gasteiger partial charge in [0, 0.05) is 32.4 Å².